The van der Waals surface area contributed by atoms with E-state index in [1.807, 2.05) is 30.3 Å². The second kappa shape index (κ2) is 7.45. The lowest BCUT2D eigenvalue weighted by atomic mass is 9.86. The zero-order valence-electron chi connectivity index (χ0n) is 17.6. The first kappa shape index (κ1) is 20.2. The Hall–Kier alpha value is -3.72. The molecule has 0 atom stereocenters. The van der Waals surface area contributed by atoms with Gasteiger partial charge in [0.05, 0.1) is 11.2 Å². The van der Waals surface area contributed by atoms with Crippen molar-refractivity contribution in [3.63, 3.8) is 0 Å². The highest BCUT2D eigenvalue weighted by atomic mass is 16.4. The number of aromatic nitrogens is 2. The molecule has 164 valence electrons. The van der Waals surface area contributed by atoms with Gasteiger partial charge in [-0.15, -0.1) is 0 Å². The Morgan fingerprint density at radius 2 is 1.84 bits per heavy atom. The van der Waals surface area contributed by atoms with E-state index in [1.165, 1.54) is 11.9 Å². The van der Waals surface area contributed by atoms with E-state index in [9.17, 15) is 19.5 Å². The monoisotopic (exact) mass is 433 g/mol. The molecule has 1 aromatic heterocycles. The van der Waals surface area contributed by atoms with Crippen LogP contribution in [0.2, 0.25) is 0 Å². The molecule has 2 N–H and O–H groups in total. The Morgan fingerprint density at radius 3 is 2.53 bits per heavy atom. The lowest BCUT2D eigenvalue weighted by Gasteiger charge is -2.38. The first-order valence-corrected chi connectivity index (χ1v) is 10.5. The van der Waals surface area contributed by atoms with E-state index < -0.39 is 11.6 Å². The van der Waals surface area contributed by atoms with Gasteiger partial charge >= 0.3 is 12.1 Å². The van der Waals surface area contributed by atoms with Gasteiger partial charge in [-0.1, -0.05) is 30.3 Å². The molecular formula is C23H23N5O4. The number of piperidine rings is 1. The normalized spacial score (nSPS) is 18.2. The maximum absolute atomic E-state index is 13.1. The van der Waals surface area contributed by atoms with Gasteiger partial charge in [-0.2, -0.15) is 9.78 Å². The van der Waals surface area contributed by atoms with Gasteiger partial charge in [-0.25, -0.2) is 9.59 Å². The lowest BCUT2D eigenvalue weighted by Crippen LogP contribution is -2.56. The van der Waals surface area contributed by atoms with E-state index in [0.29, 0.717) is 54.6 Å². The van der Waals surface area contributed by atoms with Crippen molar-refractivity contribution in [3.05, 3.63) is 59.8 Å². The summed E-state index contributed by atoms with van der Waals surface area (Å²) in [4.78, 5) is 40.7. The molecule has 0 bridgehead atoms. The topological polar surface area (TPSA) is 108 Å². The number of nitrogens with one attached hydrogen (secondary N) is 1. The highest BCUT2D eigenvalue weighted by Gasteiger charge is 2.56. The molecule has 3 heterocycles. The average Bonchev–Trinajstić information content (AvgIpc) is 3.24. The van der Waals surface area contributed by atoms with E-state index in [2.05, 4.69) is 10.4 Å². The molecule has 3 amide bonds. The van der Waals surface area contributed by atoms with Gasteiger partial charge in [0, 0.05) is 24.5 Å². The molecule has 9 heteroatoms. The molecule has 2 saturated heterocycles. The molecular weight excluding hydrogens is 410 g/mol. The number of fused-ring (bicyclic) bond motifs is 1. The van der Waals surface area contributed by atoms with E-state index >= 15 is 0 Å². The fraction of sp³-hybridized carbons (Fsp3) is 0.304. The summed E-state index contributed by atoms with van der Waals surface area (Å²) in [6.07, 6.45) is 0.309. The van der Waals surface area contributed by atoms with Gasteiger partial charge in [0.15, 0.2) is 0 Å². The number of amides is 3. The first-order chi connectivity index (χ1) is 15.4. The Labute approximate surface area is 184 Å². The predicted molar refractivity (Wildman–Crippen MR) is 118 cm³/mol. The van der Waals surface area contributed by atoms with Gasteiger partial charge in [-0.3, -0.25) is 14.6 Å². The van der Waals surface area contributed by atoms with Gasteiger partial charge in [0.1, 0.15) is 5.54 Å². The van der Waals surface area contributed by atoms with Gasteiger partial charge in [-0.05, 0) is 49.7 Å². The van der Waals surface area contributed by atoms with E-state index in [4.69, 9.17) is 0 Å². The summed E-state index contributed by atoms with van der Waals surface area (Å²) in [6.45, 7) is 1.28. The number of benzene rings is 2. The maximum Gasteiger partial charge on any atom is 0.432 e. The Bertz CT molecular complexity index is 1230. The number of urea groups is 1. The molecule has 0 aliphatic carbocycles. The van der Waals surface area contributed by atoms with Crippen LogP contribution in [-0.4, -0.2) is 63.5 Å². The van der Waals surface area contributed by atoms with Crippen molar-refractivity contribution in [2.24, 2.45) is 0 Å². The Balaban J connectivity index is 1.65. The van der Waals surface area contributed by atoms with Crippen molar-refractivity contribution < 1.29 is 19.5 Å². The SMILES string of the molecule is CN1C(=O)N(c2ccc3c(c2)c(Cc2ccccc2)nn3C(=O)O)C2(CCNCC2)C1=O. The van der Waals surface area contributed by atoms with E-state index in [-0.39, 0.29) is 11.9 Å². The van der Waals surface area contributed by atoms with Gasteiger partial charge in [0.25, 0.3) is 5.91 Å². The van der Waals surface area contributed by atoms with Crippen LogP contribution in [0, 0.1) is 0 Å². The number of rotatable bonds is 3. The standard InChI is InChI=1S/C23H23N5O4/c1-26-20(29)23(9-11-24-12-10-23)27(21(26)30)16-7-8-19-17(14-16)18(25-28(19)22(31)32)13-15-5-3-2-4-6-15/h2-8,14,24H,9-13H2,1H3,(H,31,32). The second-order valence-corrected chi connectivity index (χ2v) is 8.27. The van der Waals surface area contributed by atoms with Crippen LogP contribution in [0.1, 0.15) is 24.1 Å². The number of anilines is 1. The van der Waals surface area contributed by atoms with Gasteiger partial charge in [0.2, 0.25) is 0 Å². The molecule has 1 spiro atoms. The minimum atomic E-state index is -1.18. The molecule has 2 aliphatic heterocycles. The minimum absolute atomic E-state index is 0.199. The maximum atomic E-state index is 13.1. The molecule has 5 rings (SSSR count). The number of nitrogens with zero attached hydrogens (tertiary/aromatic N) is 4. The summed E-state index contributed by atoms with van der Waals surface area (Å²) in [5.74, 6) is -0.199. The fourth-order valence-corrected chi connectivity index (χ4v) is 4.84. The number of carboxylic acid groups (broad SMARTS) is 1. The van der Waals surface area contributed by atoms with E-state index in [0.717, 1.165) is 10.2 Å². The van der Waals surface area contributed by atoms with Crippen molar-refractivity contribution >= 4 is 34.6 Å². The highest BCUT2D eigenvalue weighted by molar-refractivity contribution is 6.17. The predicted octanol–water partition coefficient (Wildman–Crippen LogP) is 2.67. The summed E-state index contributed by atoms with van der Waals surface area (Å²) < 4.78 is 0.959. The molecule has 2 fully saturated rings. The van der Waals surface area contributed by atoms with Gasteiger partial charge < -0.3 is 10.4 Å². The largest absolute Gasteiger partial charge is 0.463 e. The first-order valence-electron chi connectivity index (χ1n) is 10.5. The summed E-state index contributed by atoms with van der Waals surface area (Å²) in [7, 11) is 1.51. The third-order valence-electron chi connectivity index (χ3n) is 6.43. The van der Waals surface area contributed by atoms with Crippen molar-refractivity contribution in [2.75, 3.05) is 25.0 Å². The van der Waals surface area contributed by atoms with Crippen LogP contribution in [0.3, 0.4) is 0 Å². The second-order valence-electron chi connectivity index (χ2n) is 8.27. The van der Waals surface area contributed by atoms with E-state index in [1.54, 1.807) is 23.1 Å². The van der Waals surface area contributed by atoms with Crippen LogP contribution in [0.4, 0.5) is 15.3 Å². The van der Waals surface area contributed by atoms with Crippen molar-refractivity contribution in [1.29, 1.82) is 0 Å². The van der Waals surface area contributed by atoms with Crippen LogP contribution in [0.25, 0.3) is 10.9 Å². The van der Waals surface area contributed by atoms with Crippen molar-refractivity contribution in [3.8, 4) is 0 Å². The number of likely N-dealkylation sites (N-methyl/N-ethyl adjacent to an activating group) is 1. The number of hydrogen-bond donors (Lipinski definition) is 2. The lowest BCUT2D eigenvalue weighted by molar-refractivity contribution is -0.130. The van der Waals surface area contributed by atoms with Crippen molar-refractivity contribution in [1.82, 2.24) is 20.0 Å². The molecule has 9 nitrogen and oxygen atoms in total. The number of carbonyl (C=O) groups is 3. The molecule has 0 saturated carbocycles. The molecule has 32 heavy (non-hydrogen) atoms. The van der Waals surface area contributed by atoms with Crippen LogP contribution in [0.5, 0.6) is 0 Å². The molecule has 0 radical (unpaired) electrons. The Kier molecular flexibility index (Phi) is 4.70. The summed E-state index contributed by atoms with van der Waals surface area (Å²) in [6, 6.07) is 14.4. The quantitative estimate of drug-likeness (QED) is 0.615. The summed E-state index contributed by atoms with van der Waals surface area (Å²) in [5, 5.41) is 17.9. The van der Waals surface area contributed by atoms with Crippen molar-refractivity contribution in [2.45, 2.75) is 24.8 Å². The summed E-state index contributed by atoms with van der Waals surface area (Å²) in [5.41, 5.74) is 1.69. The number of carbonyl (C=O) groups excluding carboxylic acids is 2. The smallest absolute Gasteiger partial charge is 0.432 e. The zero-order valence-corrected chi connectivity index (χ0v) is 17.6. The molecule has 3 aromatic rings. The zero-order chi connectivity index (χ0) is 22.5. The van der Waals surface area contributed by atoms with Crippen LogP contribution in [-0.2, 0) is 11.2 Å². The van der Waals surface area contributed by atoms with Crippen LogP contribution >= 0.6 is 0 Å². The third-order valence-corrected chi connectivity index (χ3v) is 6.43. The van der Waals surface area contributed by atoms with Crippen LogP contribution in [0.15, 0.2) is 48.5 Å². The minimum Gasteiger partial charge on any atom is -0.463 e. The molecule has 0 unspecified atom stereocenters. The average molecular weight is 433 g/mol. The Morgan fingerprint density at radius 1 is 1.12 bits per heavy atom. The third kappa shape index (κ3) is 2.96. The van der Waals surface area contributed by atoms with Crippen LogP contribution < -0.4 is 10.2 Å². The highest BCUT2D eigenvalue weighted by Crippen LogP contribution is 2.40. The molecule has 2 aliphatic rings. The number of hydrogen-bond acceptors (Lipinski definition) is 5. The molecule has 2 aromatic carbocycles. The summed E-state index contributed by atoms with van der Waals surface area (Å²) >= 11 is 0. The number of imide groups is 1. The fourth-order valence-electron chi connectivity index (χ4n) is 4.84.